The van der Waals surface area contributed by atoms with E-state index in [-0.39, 0.29) is 17.9 Å². The van der Waals surface area contributed by atoms with Crippen molar-refractivity contribution < 1.29 is 4.79 Å². The molecule has 25 heavy (non-hydrogen) atoms. The Hall–Kier alpha value is -1.80. The topological polar surface area (TPSA) is 89.9 Å². The fourth-order valence-electron chi connectivity index (χ4n) is 3.47. The van der Waals surface area contributed by atoms with E-state index in [4.69, 9.17) is 5.73 Å². The lowest BCUT2D eigenvalue weighted by Gasteiger charge is -2.36. The molecule has 0 saturated carbocycles. The zero-order chi connectivity index (χ0) is 17.8. The van der Waals surface area contributed by atoms with Crippen LogP contribution in [0.4, 0.5) is 0 Å². The average Bonchev–Trinajstić information content (AvgIpc) is 3.25. The number of rotatable bonds is 7. The Kier molecular flexibility index (Phi) is 5.80. The maximum Gasteiger partial charge on any atom is 0.220 e. The summed E-state index contributed by atoms with van der Waals surface area (Å²) in [6.07, 6.45) is 2.62. The summed E-state index contributed by atoms with van der Waals surface area (Å²) in [7, 11) is 0. The Morgan fingerprint density at radius 3 is 2.76 bits per heavy atom. The van der Waals surface area contributed by atoms with Crippen LogP contribution >= 0.6 is 11.3 Å². The van der Waals surface area contributed by atoms with Gasteiger partial charge in [0.2, 0.25) is 5.91 Å². The molecule has 0 unspecified atom stereocenters. The highest BCUT2D eigenvalue weighted by atomic mass is 32.1. The van der Waals surface area contributed by atoms with Gasteiger partial charge in [0.1, 0.15) is 0 Å². The predicted molar refractivity (Wildman–Crippen MR) is 96.9 cm³/mol. The molecule has 1 fully saturated rings. The predicted octanol–water partition coefficient (Wildman–Crippen LogP) is 2.07. The van der Waals surface area contributed by atoms with Gasteiger partial charge in [-0.05, 0) is 60.1 Å². The van der Waals surface area contributed by atoms with Crippen molar-refractivity contribution in [1.29, 1.82) is 0 Å². The first-order chi connectivity index (χ1) is 12.0. The Bertz CT molecular complexity index is 675. The third kappa shape index (κ3) is 4.43. The number of thiophene rings is 1. The van der Waals surface area contributed by atoms with Gasteiger partial charge in [-0.1, -0.05) is 19.9 Å². The van der Waals surface area contributed by atoms with E-state index in [2.05, 4.69) is 45.7 Å². The summed E-state index contributed by atoms with van der Waals surface area (Å²) in [5.41, 5.74) is 5.47. The van der Waals surface area contributed by atoms with Crippen molar-refractivity contribution in [2.75, 3.05) is 13.1 Å². The van der Waals surface area contributed by atoms with Crippen molar-refractivity contribution in [3.05, 3.63) is 28.2 Å². The number of hydrogen-bond acceptors (Lipinski definition) is 6. The number of piperidine rings is 1. The number of nitrogens with zero attached hydrogens (tertiary/aromatic N) is 5. The monoisotopic (exact) mass is 362 g/mol. The van der Waals surface area contributed by atoms with E-state index in [1.54, 1.807) is 11.3 Å². The number of primary amides is 1. The summed E-state index contributed by atoms with van der Waals surface area (Å²) in [5, 5.41) is 14.6. The molecule has 2 aromatic heterocycles. The van der Waals surface area contributed by atoms with Crippen LogP contribution in [0.5, 0.6) is 0 Å². The molecular formula is C17H26N6OS. The molecule has 1 atom stereocenters. The van der Waals surface area contributed by atoms with Crippen molar-refractivity contribution >= 4 is 17.2 Å². The van der Waals surface area contributed by atoms with Gasteiger partial charge in [-0.25, -0.2) is 4.68 Å². The Labute approximate surface area is 152 Å². The Morgan fingerprint density at radius 2 is 2.16 bits per heavy atom. The molecule has 0 radical (unpaired) electrons. The summed E-state index contributed by atoms with van der Waals surface area (Å²) >= 11 is 1.71. The van der Waals surface area contributed by atoms with Gasteiger partial charge in [0.25, 0.3) is 0 Å². The maximum absolute atomic E-state index is 11.4. The summed E-state index contributed by atoms with van der Waals surface area (Å²) in [6.45, 7) is 6.85. The summed E-state index contributed by atoms with van der Waals surface area (Å²) in [4.78, 5) is 15.1. The number of amides is 1. The number of hydrogen-bond donors (Lipinski definition) is 1. The standard InChI is InChI=1S/C17H26N6OS/c1-12(2)10-15(22-7-5-13(6-8-22)16(18)24)17-19-20-21-23(17)11-14-4-3-9-25-14/h3-4,9,12-13,15H,5-8,10-11H2,1-2H3,(H2,18,24)/t15-/m1/s1. The largest absolute Gasteiger partial charge is 0.369 e. The minimum atomic E-state index is -0.178. The van der Waals surface area contributed by atoms with E-state index >= 15 is 0 Å². The van der Waals surface area contributed by atoms with E-state index in [0.29, 0.717) is 12.5 Å². The normalized spacial score (nSPS) is 17.9. The molecule has 2 N–H and O–H groups in total. The van der Waals surface area contributed by atoms with Crippen LogP contribution < -0.4 is 5.73 Å². The van der Waals surface area contributed by atoms with Gasteiger partial charge in [-0.15, -0.1) is 16.4 Å². The lowest BCUT2D eigenvalue weighted by atomic mass is 9.93. The van der Waals surface area contributed by atoms with Crippen molar-refractivity contribution in [2.24, 2.45) is 17.6 Å². The van der Waals surface area contributed by atoms with Gasteiger partial charge in [0.05, 0.1) is 12.6 Å². The molecule has 3 heterocycles. The molecule has 0 aromatic carbocycles. The average molecular weight is 363 g/mol. The molecule has 8 heteroatoms. The molecule has 0 spiro atoms. The zero-order valence-electron chi connectivity index (χ0n) is 14.8. The van der Waals surface area contributed by atoms with E-state index in [9.17, 15) is 4.79 Å². The van der Waals surface area contributed by atoms with Gasteiger partial charge < -0.3 is 5.73 Å². The van der Waals surface area contributed by atoms with Crippen molar-refractivity contribution in [3.63, 3.8) is 0 Å². The molecule has 1 saturated heterocycles. The lowest BCUT2D eigenvalue weighted by molar-refractivity contribution is -0.123. The van der Waals surface area contributed by atoms with E-state index in [1.165, 1.54) is 4.88 Å². The number of carbonyl (C=O) groups excluding carboxylic acids is 1. The number of tetrazole rings is 1. The van der Waals surface area contributed by atoms with Crippen molar-refractivity contribution in [3.8, 4) is 0 Å². The second kappa shape index (κ2) is 8.05. The van der Waals surface area contributed by atoms with Crippen LogP contribution in [0, 0.1) is 11.8 Å². The van der Waals surface area contributed by atoms with Crippen LogP contribution in [0.25, 0.3) is 0 Å². The van der Waals surface area contributed by atoms with E-state index in [1.807, 2.05) is 10.7 Å². The highest BCUT2D eigenvalue weighted by Crippen LogP contribution is 2.30. The molecular weight excluding hydrogens is 336 g/mol. The van der Waals surface area contributed by atoms with Crippen LogP contribution in [-0.2, 0) is 11.3 Å². The minimum absolute atomic E-state index is 0.00179. The molecule has 136 valence electrons. The molecule has 3 rings (SSSR count). The first kappa shape index (κ1) is 18.0. The second-order valence-electron chi connectivity index (χ2n) is 7.13. The lowest BCUT2D eigenvalue weighted by Crippen LogP contribution is -2.41. The second-order valence-corrected chi connectivity index (χ2v) is 8.16. The highest BCUT2D eigenvalue weighted by molar-refractivity contribution is 7.09. The van der Waals surface area contributed by atoms with Crippen LogP contribution in [-0.4, -0.2) is 44.1 Å². The molecule has 1 amide bonds. The highest BCUT2D eigenvalue weighted by Gasteiger charge is 2.31. The molecule has 0 bridgehead atoms. The van der Waals surface area contributed by atoms with Crippen LogP contribution in [0.3, 0.4) is 0 Å². The van der Waals surface area contributed by atoms with Crippen molar-refractivity contribution in [2.45, 2.75) is 45.7 Å². The molecule has 1 aliphatic heterocycles. The third-order valence-electron chi connectivity index (χ3n) is 4.81. The fourth-order valence-corrected chi connectivity index (χ4v) is 4.16. The fraction of sp³-hybridized carbons (Fsp3) is 0.647. The van der Waals surface area contributed by atoms with Gasteiger partial charge in [0, 0.05) is 10.8 Å². The maximum atomic E-state index is 11.4. The van der Waals surface area contributed by atoms with Gasteiger partial charge in [0.15, 0.2) is 5.82 Å². The number of nitrogens with two attached hydrogens (primary N) is 1. The van der Waals surface area contributed by atoms with Crippen LogP contribution in [0.2, 0.25) is 0 Å². The van der Waals surface area contributed by atoms with Gasteiger partial charge >= 0.3 is 0 Å². The number of carbonyl (C=O) groups is 1. The van der Waals surface area contributed by atoms with E-state index < -0.39 is 0 Å². The number of likely N-dealkylation sites (tertiary alicyclic amines) is 1. The molecule has 2 aromatic rings. The van der Waals surface area contributed by atoms with Crippen LogP contribution in [0.15, 0.2) is 17.5 Å². The number of aromatic nitrogens is 4. The first-order valence-electron chi connectivity index (χ1n) is 8.86. The molecule has 0 aliphatic carbocycles. The summed E-state index contributed by atoms with van der Waals surface area (Å²) < 4.78 is 1.92. The van der Waals surface area contributed by atoms with E-state index in [0.717, 1.165) is 38.2 Å². The van der Waals surface area contributed by atoms with Crippen molar-refractivity contribution in [1.82, 2.24) is 25.1 Å². The van der Waals surface area contributed by atoms with Crippen LogP contribution in [0.1, 0.15) is 49.9 Å². The first-order valence-corrected chi connectivity index (χ1v) is 9.74. The quantitative estimate of drug-likeness (QED) is 0.814. The molecule has 1 aliphatic rings. The third-order valence-corrected chi connectivity index (χ3v) is 5.67. The zero-order valence-corrected chi connectivity index (χ0v) is 15.7. The SMILES string of the molecule is CC(C)C[C@H](c1nnnn1Cc1cccs1)N1CCC(C(N)=O)CC1. The van der Waals surface area contributed by atoms with Gasteiger partial charge in [-0.2, -0.15) is 0 Å². The summed E-state index contributed by atoms with van der Waals surface area (Å²) in [5.74, 6) is 1.27. The Balaban J connectivity index is 1.77. The van der Waals surface area contributed by atoms with Gasteiger partial charge in [-0.3, -0.25) is 9.69 Å². The Morgan fingerprint density at radius 1 is 1.40 bits per heavy atom. The molecule has 7 nitrogen and oxygen atoms in total. The smallest absolute Gasteiger partial charge is 0.220 e. The minimum Gasteiger partial charge on any atom is -0.369 e. The summed E-state index contributed by atoms with van der Waals surface area (Å²) in [6, 6.07) is 4.32.